The van der Waals surface area contributed by atoms with E-state index < -0.39 is 20.9 Å². The number of nitrogens with zero attached hydrogens (tertiary/aromatic N) is 2. The molecule has 0 radical (unpaired) electrons. The first-order valence-electron chi connectivity index (χ1n) is 11.0. The number of carbonyl (C=O) groups excluding carboxylic acids is 1. The molecule has 0 saturated heterocycles. The lowest BCUT2D eigenvalue weighted by Gasteiger charge is -2.27. The number of aliphatic imine (C=N–C) groups is 1. The Morgan fingerprint density at radius 2 is 1.63 bits per heavy atom. The maximum absolute atomic E-state index is 13.7. The molecule has 9 heteroatoms. The molecule has 8 nitrogen and oxygen atoms in total. The third kappa shape index (κ3) is 4.52. The molecule has 1 aliphatic heterocycles. The largest absolute Gasteiger partial charge is 0.497 e. The third-order valence-corrected chi connectivity index (χ3v) is 7.48. The van der Waals surface area contributed by atoms with Crippen molar-refractivity contribution in [3.63, 3.8) is 0 Å². The highest BCUT2D eigenvalue weighted by atomic mass is 32.2. The minimum absolute atomic E-state index is 0.0792. The fourth-order valence-corrected chi connectivity index (χ4v) is 4.67. The highest BCUT2D eigenvalue weighted by molar-refractivity contribution is 7.86. The van der Waals surface area contributed by atoms with Crippen LogP contribution in [-0.2, 0) is 26.9 Å². The number of amides is 1. The molecule has 1 heterocycles. The lowest BCUT2D eigenvalue weighted by Crippen LogP contribution is -2.41. The molecule has 0 fully saturated rings. The number of methoxy groups -OCH3 is 1. The van der Waals surface area contributed by atoms with Gasteiger partial charge < -0.3 is 10.5 Å². The van der Waals surface area contributed by atoms with Gasteiger partial charge in [-0.15, -0.1) is 0 Å². The Morgan fingerprint density at radius 1 is 1.03 bits per heavy atom. The molecule has 1 aliphatic rings. The minimum Gasteiger partial charge on any atom is -0.497 e. The van der Waals surface area contributed by atoms with Gasteiger partial charge in [0.1, 0.15) is 5.75 Å². The summed E-state index contributed by atoms with van der Waals surface area (Å²) >= 11 is 0. The number of guanidine groups is 1. The van der Waals surface area contributed by atoms with Crippen LogP contribution >= 0.6 is 0 Å². The van der Waals surface area contributed by atoms with Gasteiger partial charge in [0, 0.05) is 7.05 Å². The van der Waals surface area contributed by atoms with Crippen LogP contribution in [-0.4, -0.2) is 49.1 Å². The molecule has 2 atom stereocenters. The molecule has 3 aromatic carbocycles. The molecule has 182 valence electrons. The number of benzene rings is 3. The average molecular weight is 494 g/mol. The van der Waals surface area contributed by atoms with Crippen LogP contribution in [0, 0.1) is 0 Å². The van der Waals surface area contributed by atoms with Crippen molar-refractivity contribution in [1.82, 2.24) is 4.90 Å². The van der Waals surface area contributed by atoms with Crippen LogP contribution in [0.4, 0.5) is 0 Å². The second kappa shape index (κ2) is 9.16. The van der Waals surface area contributed by atoms with Gasteiger partial charge in [0.05, 0.1) is 12.4 Å². The maximum atomic E-state index is 13.7. The average Bonchev–Trinajstić information content (AvgIpc) is 3.08. The van der Waals surface area contributed by atoms with Gasteiger partial charge in [-0.3, -0.25) is 14.2 Å². The van der Waals surface area contributed by atoms with Gasteiger partial charge in [-0.25, -0.2) is 4.99 Å². The molecule has 3 N–H and O–H groups in total. The zero-order chi connectivity index (χ0) is 25.4. The van der Waals surface area contributed by atoms with E-state index in [-0.39, 0.29) is 18.3 Å². The Morgan fingerprint density at radius 3 is 2.23 bits per heavy atom. The Bertz CT molecular complexity index is 1420. The van der Waals surface area contributed by atoms with Crippen molar-refractivity contribution in [2.75, 3.05) is 14.2 Å². The van der Waals surface area contributed by atoms with Gasteiger partial charge in [-0.2, -0.15) is 8.42 Å². The third-order valence-electron chi connectivity index (χ3n) is 6.30. The van der Waals surface area contributed by atoms with Crippen LogP contribution in [0.15, 0.2) is 77.8 Å². The Kier molecular flexibility index (Phi) is 6.40. The van der Waals surface area contributed by atoms with E-state index >= 15 is 0 Å². The number of rotatable bonds is 7. The summed E-state index contributed by atoms with van der Waals surface area (Å²) in [5.74, 6) is 0.471. The van der Waals surface area contributed by atoms with Crippen molar-refractivity contribution in [2.45, 2.75) is 24.1 Å². The molecule has 0 aromatic heterocycles. The SMILES string of the molecule is COc1cccc(-c2cccc(C3(c4cccc(CC(C)S(=O)(=O)O)c4)N=C(N)N(C)C3=O)c2)c1. The van der Waals surface area contributed by atoms with Crippen molar-refractivity contribution in [3.8, 4) is 16.9 Å². The van der Waals surface area contributed by atoms with E-state index in [1.807, 2.05) is 48.5 Å². The summed E-state index contributed by atoms with van der Waals surface area (Å²) < 4.78 is 37.9. The fourth-order valence-electron chi connectivity index (χ4n) is 4.27. The topological polar surface area (TPSA) is 122 Å². The molecule has 0 bridgehead atoms. The molecule has 3 aromatic rings. The molecule has 4 rings (SSSR count). The van der Waals surface area contributed by atoms with E-state index in [0.29, 0.717) is 22.4 Å². The monoisotopic (exact) mass is 493 g/mol. The van der Waals surface area contributed by atoms with E-state index in [1.165, 1.54) is 11.8 Å². The summed E-state index contributed by atoms with van der Waals surface area (Å²) in [5, 5.41) is -0.999. The molecule has 35 heavy (non-hydrogen) atoms. The van der Waals surface area contributed by atoms with Crippen LogP contribution in [0.1, 0.15) is 23.6 Å². The zero-order valence-corrected chi connectivity index (χ0v) is 20.5. The van der Waals surface area contributed by atoms with Crippen LogP contribution in [0.5, 0.6) is 5.75 Å². The predicted molar refractivity (Wildman–Crippen MR) is 135 cm³/mol. The van der Waals surface area contributed by atoms with Gasteiger partial charge in [0.25, 0.3) is 16.0 Å². The second-order valence-electron chi connectivity index (χ2n) is 8.59. The van der Waals surface area contributed by atoms with Gasteiger partial charge in [0.2, 0.25) is 0 Å². The van der Waals surface area contributed by atoms with Crippen molar-refractivity contribution in [3.05, 3.63) is 89.5 Å². The maximum Gasteiger partial charge on any atom is 0.267 e. The quantitative estimate of drug-likeness (QED) is 0.488. The Balaban J connectivity index is 1.86. The summed E-state index contributed by atoms with van der Waals surface area (Å²) in [5.41, 5.74) is 8.27. The Hall–Kier alpha value is -3.69. The zero-order valence-electron chi connectivity index (χ0n) is 19.7. The first-order chi connectivity index (χ1) is 16.6. The number of hydrogen-bond donors (Lipinski definition) is 2. The van der Waals surface area contributed by atoms with Crippen molar-refractivity contribution in [1.29, 1.82) is 0 Å². The highest BCUT2D eigenvalue weighted by Crippen LogP contribution is 2.41. The normalized spacial score (nSPS) is 18.9. The number of carbonyl (C=O) groups is 1. The summed E-state index contributed by atoms with van der Waals surface area (Å²) in [6.45, 7) is 1.43. The van der Waals surface area contributed by atoms with Gasteiger partial charge >= 0.3 is 0 Å². The second-order valence-corrected chi connectivity index (χ2v) is 10.4. The van der Waals surface area contributed by atoms with Crippen molar-refractivity contribution < 1.29 is 22.5 Å². The van der Waals surface area contributed by atoms with E-state index in [0.717, 1.165) is 11.1 Å². The minimum atomic E-state index is -4.20. The smallest absolute Gasteiger partial charge is 0.267 e. The van der Waals surface area contributed by atoms with Crippen LogP contribution in [0.25, 0.3) is 11.1 Å². The number of hydrogen-bond acceptors (Lipinski definition) is 6. The molecular weight excluding hydrogens is 466 g/mol. The van der Waals surface area contributed by atoms with Crippen LogP contribution < -0.4 is 10.5 Å². The number of likely N-dealkylation sites (N-methyl/N-ethyl adjacent to an activating group) is 1. The van der Waals surface area contributed by atoms with E-state index in [2.05, 4.69) is 4.99 Å². The number of ether oxygens (including phenoxy) is 1. The van der Waals surface area contributed by atoms with Crippen molar-refractivity contribution >= 4 is 22.0 Å². The van der Waals surface area contributed by atoms with Gasteiger partial charge in [0.15, 0.2) is 11.5 Å². The lowest BCUT2D eigenvalue weighted by atomic mass is 9.81. The van der Waals surface area contributed by atoms with Crippen LogP contribution in [0.2, 0.25) is 0 Å². The van der Waals surface area contributed by atoms with Crippen molar-refractivity contribution in [2.24, 2.45) is 10.7 Å². The molecule has 0 spiro atoms. The van der Waals surface area contributed by atoms with Gasteiger partial charge in [-0.05, 0) is 59.4 Å². The van der Waals surface area contributed by atoms with Crippen LogP contribution in [0.3, 0.4) is 0 Å². The van der Waals surface area contributed by atoms with E-state index in [4.69, 9.17) is 10.5 Å². The van der Waals surface area contributed by atoms with E-state index in [9.17, 15) is 17.8 Å². The molecule has 0 aliphatic carbocycles. The molecular formula is C26H27N3O5S. The summed E-state index contributed by atoms with van der Waals surface area (Å²) in [7, 11) is -1.03. The number of nitrogens with two attached hydrogens (primary N) is 1. The standard InChI is InChI=1S/C26H27N3O5S/c1-17(35(31,32)33)13-18-7-4-10-21(14-18)26(24(30)29(2)25(27)28-26)22-11-5-8-19(15-22)20-9-6-12-23(16-20)34-3/h4-12,14-17H,13H2,1-3H3,(H2,27,28)(H,31,32,33). The first kappa shape index (κ1) is 24.4. The Labute approximate surface area is 204 Å². The highest BCUT2D eigenvalue weighted by Gasteiger charge is 2.49. The molecule has 2 unspecified atom stereocenters. The molecule has 0 saturated carbocycles. The first-order valence-corrected chi connectivity index (χ1v) is 12.5. The summed E-state index contributed by atoms with van der Waals surface area (Å²) in [6.07, 6.45) is 0.0792. The lowest BCUT2D eigenvalue weighted by molar-refractivity contribution is -0.129. The van der Waals surface area contributed by atoms with E-state index in [1.54, 1.807) is 38.4 Å². The molecule has 1 amide bonds. The van der Waals surface area contributed by atoms with Gasteiger partial charge in [-0.1, -0.05) is 54.6 Å². The predicted octanol–water partition coefficient (Wildman–Crippen LogP) is 3.21. The summed E-state index contributed by atoms with van der Waals surface area (Å²) in [6, 6.07) is 22.1. The summed E-state index contributed by atoms with van der Waals surface area (Å²) in [4.78, 5) is 19.6. The fraction of sp³-hybridized carbons (Fsp3) is 0.231.